The van der Waals surface area contributed by atoms with Gasteiger partial charge in [0.25, 0.3) is 17.6 Å². The fraction of sp³-hybridized carbons (Fsp3) is 0.200. The van der Waals surface area contributed by atoms with Crippen molar-refractivity contribution in [2.45, 2.75) is 6.54 Å². The van der Waals surface area contributed by atoms with Crippen LogP contribution < -0.4 is 4.90 Å². The molecule has 0 radical (unpaired) electrons. The van der Waals surface area contributed by atoms with Gasteiger partial charge in [0.05, 0.1) is 11.3 Å². The highest BCUT2D eigenvalue weighted by Gasteiger charge is 2.36. The molecule has 0 N–H and O–H groups in total. The lowest BCUT2D eigenvalue weighted by atomic mass is 10.1. The SMILES string of the molecule is CN(Cc1ccccc1)C(=O)COC(=O)CN1C(=O)C(=O)c2ccccc21. The second kappa shape index (κ2) is 7.82. The third kappa shape index (κ3) is 4.03. The van der Waals surface area contributed by atoms with Gasteiger partial charge < -0.3 is 9.64 Å². The van der Waals surface area contributed by atoms with Gasteiger partial charge in [0, 0.05) is 13.6 Å². The standard InChI is InChI=1S/C20H18N2O5/c1-21(11-14-7-3-2-4-8-14)17(23)13-27-18(24)12-22-16-10-6-5-9-15(16)19(25)20(22)26/h2-10H,11-13H2,1H3. The summed E-state index contributed by atoms with van der Waals surface area (Å²) in [4.78, 5) is 50.6. The van der Waals surface area contributed by atoms with Gasteiger partial charge in [0.15, 0.2) is 6.61 Å². The zero-order valence-electron chi connectivity index (χ0n) is 14.8. The van der Waals surface area contributed by atoms with Gasteiger partial charge in [0.1, 0.15) is 6.54 Å². The van der Waals surface area contributed by atoms with Crippen LogP contribution in [-0.4, -0.2) is 48.7 Å². The molecule has 7 nitrogen and oxygen atoms in total. The number of likely N-dealkylation sites (N-methyl/N-ethyl adjacent to an activating group) is 1. The molecule has 0 fully saturated rings. The molecule has 2 aromatic rings. The zero-order valence-corrected chi connectivity index (χ0v) is 14.8. The van der Waals surface area contributed by atoms with Gasteiger partial charge >= 0.3 is 5.97 Å². The molecule has 0 bridgehead atoms. The summed E-state index contributed by atoms with van der Waals surface area (Å²) in [7, 11) is 1.61. The maximum Gasteiger partial charge on any atom is 0.326 e. The van der Waals surface area contributed by atoms with Crippen molar-refractivity contribution in [2.75, 3.05) is 25.1 Å². The number of ether oxygens (including phenoxy) is 1. The molecule has 0 unspecified atom stereocenters. The number of anilines is 1. The number of carbonyl (C=O) groups excluding carboxylic acids is 4. The van der Waals surface area contributed by atoms with Crippen LogP contribution in [0, 0.1) is 0 Å². The van der Waals surface area contributed by atoms with E-state index in [-0.39, 0.29) is 11.5 Å². The Bertz CT molecular complexity index is 894. The smallest absolute Gasteiger partial charge is 0.326 e. The highest BCUT2D eigenvalue weighted by Crippen LogP contribution is 2.28. The second-order valence-corrected chi connectivity index (χ2v) is 6.13. The van der Waals surface area contributed by atoms with E-state index in [9.17, 15) is 19.2 Å². The lowest BCUT2D eigenvalue weighted by molar-refractivity contribution is -0.150. The minimum Gasteiger partial charge on any atom is -0.454 e. The number of hydrogen-bond acceptors (Lipinski definition) is 5. The zero-order chi connectivity index (χ0) is 19.4. The van der Waals surface area contributed by atoms with Crippen molar-refractivity contribution in [2.24, 2.45) is 0 Å². The molecule has 138 valence electrons. The van der Waals surface area contributed by atoms with Crippen LogP contribution in [0.3, 0.4) is 0 Å². The van der Waals surface area contributed by atoms with E-state index in [0.717, 1.165) is 10.5 Å². The number of fused-ring (bicyclic) bond motifs is 1. The topological polar surface area (TPSA) is 84.0 Å². The van der Waals surface area contributed by atoms with Crippen LogP contribution in [0.4, 0.5) is 5.69 Å². The lowest BCUT2D eigenvalue weighted by Gasteiger charge is -2.18. The van der Waals surface area contributed by atoms with Gasteiger partial charge in [-0.2, -0.15) is 0 Å². The molecular formula is C20H18N2O5. The maximum atomic E-state index is 12.1. The number of benzene rings is 2. The van der Waals surface area contributed by atoms with Crippen LogP contribution in [-0.2, 0) is 25.7 Å². The van der Waals surface area contributed by atoms with Crippen LogP contribution in [0.5, 0.6) is 0 Å². The number of nitrogens with zero attached hydrogens (tertiary/aromatic N) is 2. The monoisotopic (exact) mass is 366 g/mol. The molecule has 1 heterocycles. The molecule has 0 saturated carbocycles. The third-order valence-corrected chi connectivity index (χ3v) is 4.21. The largest absolute Gasteiger partial charge is 0.454 e. The lowest BCUT2D eigenvalue weighted by Crippen LogP contribution is -2.37. The summed E-state index contributed by atoms with van der Waals surface area (Å²) < 4.78 is 4.99. The van der Waals surface area contributed by atoms with Crippen LogP contribution in [0.1, 0.15) is 15.9 Å². The minimum atomic E-state index is -0.777. The Morgan fingerprint density at radius 3 is 2.41 bits per heavy atom. The Morgan fingerprint density at radius 1 is 1.00 bits per heavy atom. The number of ketones is 1. The van der Waals surface area contributed by atoms with E-state index in [4.69, 9.17) is 4.74 Å². The van der Waals surface area contributed by atoms with Gasteiger partial charge in [-0.15, -0.1) is 0 Å². The summed E-state index contributed by atoms with van der Waals surface area (Å²) in [5.41, 5.74) is 1.59. The van der Waals surface area contributed by atoms with E-state index in [2.05, 4.69) is 0 Å². The van der Waals surface area contributed by atoms with Gasteiger partial charge in [-0.25, -0.2) is 0 Å². The number of amides is 2. The van der Waals surface area contributed by atoms with Crippen molar-refractivity contribution in [3.63, 3.8) is 0 Å². The van der Waals surface area contributed by atoms with Gasteiger partial charge in [-0.05, 0) is 17.7 Å². The Balaban J connectivity index is 1.53. The summed E-state index contributed by atoms with van der Waals surface area (Å²) >= 11 is 0. The normalized spacial score (nSPS) is 12.7. The first-order valence-corrected chi connectivity index (χ1v) is 8.36. The van der Waals surface area contributed by atoms with Gasteiger partial charge in [-0.1, -0.05) is 42.5 Å². The summed E-state index contributed by atoms with van der Waals surface area (Å²) in [5.74, 6) is -2.55. The van der Waals surface area contributed by atoms with Crippen LogP contribution >= 0.6 is 0 Å². The van der Waals surface area contributed by atoms with Crippen molar-refractivity contribution in [1.82, 2.24) is 4.90 Å². The average Bonchev–Trinajstić information content (AvgIpc) is 2.92. The van der Waals surface area contributed by atoms with E-state index in [0.29, 0.717) is 12.2 Å². The van der Waals surface area contributed by atoms with Gasteiger partial charge in [0.2, 0.25) is 0 Å². The molecule has 0 aromatic heterocycles. The summed E-state index contributed by atoms with van der Waals surface area (Å²) in [6.45, 7) is -0.458. The molecule has 2 amide bonds. The van der Waals surface area contributed by atoms with E-state index in [1.807, 2.05) is 30.3 Å². The van der Waals surface area contributed by atoms with Crippen LogP contribution in [0.25, 0.3) is 0 Å². The Morgan fingerprint density at radius 2 is 1.67 bits per heavy atom. The predicted octanol–water partition coefficient (Wildman–Crippen LogP) is 1.42. The Kier molecular flexibility index (Phi) is 5.30. The summed E-state index contributed by atoms with van der Waals surface area (Å²) in [6, 6.07) is 15.9. The van der Waals surface area contributed by atoms with Crippen molar-refractivity contribution in [3.05, 3.63) is 65.7 Å². The highest BCUT2D eigenvalue weighted by molar-refractivity contribution is 6.52. The third-order valence-electron chi connectivity index (χ3n) is 4.21. The first kappa shape index (κ1) is 18.3. The second-order valence-electron chi connectivity index (χ2n) is 6.13. The Labute approximate surface area is 156 Å². The molecule has 0 spiro atoms. The number of Topliss-reactive ketones (excluding diaryl/α,β-unsaturated/α-hetero) is 1. The fourth-order valence-corrected chi connectivity index (χ4v) is 2.78. The number of hydrogen-bond donors (Lipinski definition) is 0. The fourth-order valence-electron chi connectivity index (χ4n) is 2.78. The molecule has 7 heteroatoms. The molecule has 1 aliphatic heterocycles. The molecule has 0 atom stereocenters. The molecule has 3 rings (SSSR count). The average molecular weight is 366 g/mol. The minimum absolute atomic E-state index is 0.258. The number of para-hydroxylation sites is 1. The summed E-state index contributed by atoms with van der Waals surface area (Å²) in [5, 5.41) is 0. The van der Waals surface area contributed by atoms with E-state index in [1.54, 1.807) is 25.2 Å². The molecular weight excluding hydrogens is 348 g/mol. The first-order chi connectivity index (χ1) is 13.0. The molecule has 2 aromatic carbocycles. The van der Waals surface area contributed by atoms with Crippen molar-refractivity contribution in [1.29, 1.82) is 0 Å². The molecule has 27 heavy (non-hydrogen) atoms. The maximum absolute atomic E-state index is 12.1. The quantitative estimate of drug-likeness (QED) is 0.570. The predicted molar refractivity (Wildman–Crippen MR) is 97.0 cm³/mol. The highest BCUT2D eigenvalue weighted by atomic mass is 16.5. The van der Waals surface area contributed by atoms with Crippen molar-refractivity contribution >= 4 is 29.3 Å². The Hall–Kier alpha value is -3.48. The van der Waals surface area contributed by atoms with Crippen LogP contribution in [0.15, 0.2) is 54.6 Å². The molecule has 1 aliphatic rings. The van der Waals surface area contributed by atoms with E-state index >= 15 is 0 Å². The molecule has 0 aliphatic carbocycles. The number of carbonyl (C=O) groups is 4. The number of rotatable bonds is 6. The number of esters is 1. The van der Waals surface area contributed by atoms with E-state index in [1.165, 1.54) is 11.0 Å². The van der Waals surface area contributed by atoms with Crippen molar-refractivity contribution in [3.8, 4) is 0 Å². The first-order valence-electron chi connectivity index (χ1n) is 8.36. The van der Waals surface area contributed by atoms with E-state index < -0.39 is 30.8 Å². The van der Waals surface area contributed by atoms with Crippen LogP contribution in [0.2, 0.25) is 0 Å². The van der Waals surface area contributed by atoms with Crippen molar-refractivity contribution < 1.29 is 23.9 Å². The van der Waals surface area contributed by atoms with Gasteiger partial charge in [-0.3, -0.25) is 24.1 Å². The molecule has 0 saturated heterocycles. The summed E-state index contributed by atoms with van der Waals surface area (Å²) in [6.07, 6.45) is 0.